The van der Waals surface area contributed by atoms with Gasteiger partial charge in [-0.15, -0.1) is 0 Å². The van der Waals surface area contributed by atoms with Gasteiger partial charge in [0.25, 0.3) is 0 Å². The number of anilines is 1. The molecule has 0 radical (unpaired) electrons. The van der Waals surface area contributed by atoms with E-state index in [9.17, 15) is 0 Å². The van der Waals surface area contributed by atoms with Gasteiger partial charge in [0.15, 0.2) is 11.6 Å². The molecule has 0 aliphatic heterocycles. The number of furan rings is 1. The Morgan fingerprint density at radius 2 is 2.00 bits per heavy atom. The van der Waals surface area contributed by atoms with Gasteiger partial charge in [0.05, 0.1) is 0 Å². The van der Waals surface area contributed by atoms with Crippen LogP contribution < -0.4 is 5.73 Å². The van der Waals surface area contributed by atoms with Crippen LogP contribution in [0.2, 0.25) is 0 Å². The summed E-state index contributed by atoms with van der Waals surface area (Å²) in [6.45, 7) is 3.91. The molecule has 3 rings (SSSR count). The third-order valence-corrected chi connectivity index (χ3v) is 2.86. The second kappa shape index (κ2) is 3.38. The Kier molecular flexibility index (Phi) is 1.98. The molecule has 0 saturated heterocycles. The summed E-state index contributed by atoms with van der Waals surface area (Å²) >= 11 is 0. The number of nitrogens with zero attached hydrogens (tertiary/aromatic N) is 1. The summed E-state index contributed by atoms with van der Waals surface area (Å²) in [7, 11) is 0. The molecule has 0 aliphatic rings. The van der Waals surface area contributed by atoms with Crippen molar-refractivity contribution in [1.29, 1.82) is 0 Å². The first-order chi connectivity index (χ1) is 8.15. The van der Waals surface area contributed by atoms with E-state index in [2.05, 4.69) is 11.2 Å². The second-order valence-corrected chi connectivity index (χ2v) is 4.17. The average Bonchev–Trinajstić information content (AvgIpc) is 2.83. The fourth-order valence-corrected chi connectivity index (χ4v) is 1.85. The van der Waals surface area contributed by atoms with Crippen LogP contribution in [0, 0.1) is 13.8 Å². The van der Waals surface area contributed by atoms with E-state index in [1.165, 1.54) is 5.56 Å². The topological polar surface area (TPSA) is 65.2 Å². The summed E-state index contributed by atoms with van der Waals surface area (Å²) in [5, 5.41) is 4.77. The number of fused-ring (bicyclic) bond motifs is 1. The van der Waals surface area contributed by atoms with E-state index in [0.29, 0.717) is 17.3 Å². The Hall–Kier alpha value is -2.23. The van der Waals surface area contributed by atoms with Crippen molar-refractivity contribution in [3.8, 4) is 11.5 Å². The van der Waals surface area contributed by atoms with Crippen molar-refractivity contribution < 1.29 is 8.94 Å². The van der Waals surface area contributed by atoms with Crippen LogP contribution in [0.1, 0.15) is 11.1 Å². The van der Waals surface area contributed by atoms with Crippen molar-refractivity contribution in [2.45, 2.75) is 13.8 Å². The lowest BCUT2D eigenvalue weighted by atomic mass is 10.1. The molecule has 0 unspecified atom stereocenters. The van der Waals surface area contributed by atoms with Crippen molar-refractivity contribution >= 4 is 16.8 Å². The highest BCUT2D eigenvalue weighted by atomic mass is 16.5. The molecule has 17 heavy (non-hydrogen) atoms. The van der Waals surface area contributed by atoms with E-state index in [1.807, 2.05) is 32.0 Å². The molecule has 3 aromatic rings. The van der Waals surface area contributed by atoms with Gasteiger partial charge in [0.1, 0.15) is 5.58 Å². The second-order valence-electron chi connectivity index (χ2n) is 4.17. The molecule has 0 fully saturated rings. The zero-order valence-electron chi connectivity index (χ0n) is 9.65. The molecule has 0 aliphatic carbocycles. The Balaban J connectivity index is 2.21. The van der Waals surface area contributed by atoms with Gasteiger partial charge in [-0.2, -0.15) is 0 Å². The molecule has 4 heteroatoms. The number of rotatable bonds is 1. The number of nitrogens with two attached hydrogens (primary N) is 1. The predicted octanol–water partition coefficient (Wildman–Crippen LogP) is 3.29. The largest absolute Gasteiger partial charge is 0.453 e. The normalized spacial score (nSPS) is 11.2. The maximum Gasteiger partial charge on any atom is 0.207 e. The summed E-state index contributed by atoms with van der Waals surface area (Å²) in [6.07, 6.45) is 0. The van der Waals surface area contributed by atoms with Crippen LogP contribution >= 0.6 is 0 Å². The number of hydrogen-bond acceptors (Lipinski definition) is 4. The third-order valence-electron chi connectivity index (χ3n) is 2.86. The Labute approximate surface area is 98.0 Å². The molecule has 86 valence electrons. The zero-order valence-corrected chi connectivity index (χ0v) is 9.65. The lowest BCUT2D eigenvalue weighted by Crippen LogP contribution is -1.85. The number of benzene rings is 1. The summed E-state index contributed by atoms with van der Waals surface area (Å²) in [4.78, 5) is 0. The van der Waals surface area contributed by atoms with Gasteiger partial charge < -0.3 is 14.7 Å². The maximum absolute atomic E-state index is 5.71. The smallest absolute Gasteiger partial charge is 0.207 e. The quantitative estimate of drug-likeness (QED) is 0.694. The van der Waals surface area contributed by atoms with Gasteiger partial charge in [-0.25, -0.2) is 0 Å². The molecular weight excluding hydrogens is 216 g/mol. The molecule has 0 saturated carbocycles. The fraction of sp³-hybridized carbons (Fsp3) is 0.154. The van der Waals surface area contributed by atoms with Crippen LogP contribution in [0.15, 0.2) is 33.2 Å². The minimum absolute atomic E-state index is 0.400. The summed E-state index contributed by atoms with van der Waals surface area (Å²) < 4.78 is 10.9. The summed E-state index contributed by atoms with van der Waals surface area (Å²) in [5.74, 6) is 1.65. The van der Waals surface area contributed by atoms with Crippen molar-refractivity contribution in [3.63, 3.8) is 0 Å². The first kappa shape index (κ1) is 9.96. The number of nitrogen functional groups attached to an aromatic ring is 1. The molecule has 2 N–H and O–H groups in total. The van der Waals surface area contributed by atoms with Crippen LogP contribution in [0.3, 0.4) is 0 Å². The van der Waals surface area contributed by atoms with Gasteiger partial charge in [-0.3, -0.25) is 0 Å². The van der Waals surface area contributed by atoms with E-state index in [-0.39, 0.29) is 0 Å². The van der Waals surface area contributed by atoms with Crippen molar-refractivity contribution in [2.24, 2.45) is 0 Å². The van der Waals surface area contributed by atoms with Crippen LogP contribution in [0.5, 0.6) is 0 Å². The van der Waals surface area contributed by atoms with E-state index in [1.54, 1.807) is 0 Å². The van der Waals surface area contributed by atoms with Gasteiger partial charge >= 0.3 is 0 Å². The lowest BCUT2D eigenvalue weighted by Gasteiger charge is -1.90. The Morgan fingerprint density at radius 1 is 1.18 bits per heavy atom. The van der Waals surface area contributed by atoms with Crippen LogP contribution in [0.25, 0.3) is 22.5 Å². The third kappa shape index (κ3) is 1.49. The highest BCUT2D eigenvalue weighted by molar-refractivity contribution is 5.83. The average molecular weight is 228 g/mol. The van der Waals surface area contributed by atoms with Gasteiger partial charge in [-0.05, 0) is 32.0 Å². The maximum atomic E-state index is 5.71. The van der Waals surface area contributed by atoms with Gasteiger partial charge in [0, 0.05) is 10.9 Å². The van der Waals surface area contributed by atoms with E-state index < -0.39 is 0 Å². The van der Waals surface area contributed by atoms with Crippen molar-refractivity contribution in [2.75, 3.05) is 5.73 Å². The van der Waals surface area contributed by atoms with Gasteiger partial charge in [-0.1, -0.05) is 16.8 Å². The number of hydrogen-bond donors (Lipinski definition) is 1. The molecule has 1 aromatic carbocycles. The molecule has 0 atom stereocenters. The SMILES string of the molecule is Cc1ccc2oc(-c3onc(N)c3C)cc2c1. The summed E-state index contributed by atoms with van der Waals surface area (Å²) in [6, 6.07) is 7.97. The Morgan fingerprint density at radius 3 is 2.71 bits per heavy atom. The van der Waals surface area contributed by atoms with E-state index >= 15 is 0 Å². The number of aryl methyl sites for hydroxylation is 1. The lowest BCUT2D eigenvalue weighted by molar-refractivity contribution is 0.423. The Bertz CT molecular complexity index is 695. The molecule has 4 nitrogen and oxygen atoms in total. The predicted molar refractivity (Wildman–Crippen MR) is 65.6 cm³/mol. The first-order valence-electron chi connectivity index (χ1n) is 5.37. The van der Waals surface area contributed by atoms with Gasteiger partial charge in [0.2, 0.25) is 5.76 Å². The van der Waals surface area contributed by atoms with Crippen molar-refractivity contribution in [1.82, 2.24) is 5.16 Å². The minimum atomic E-state index is 0.400. The number of aromatic nitrogens is 1. The monoisotopic (exact) mass is 228 g/mol. The summed E-state index contributed by atoms with van der Waals surface area (Å²) in [5.41, 5.74) is 8.48. The van der Waals surface area contributed by atoms with Crippen LogP contribution in [-0.4, -0.2) is 5.16 Å². The molecule has 2 heterocycles. The first-order valence-corrected chi connectivity index (χ1v) is 5.37. The van der Waals surface area contributed by atoms with E-state index in [0.717, 1.165) is 16.5 Å². The highest BCUT2D eigenvalue weighted by Gasteiger charge is 2.15. The fourth-order valence-electron chi connectivity index (χ4n) is 1.85. The molecule has 0 amide bonds. The zero-order chi connectivity index (χ0) is 12.0. The molecule has 0 spiro atoms. The highest BCUT2D eigenvalue weighted by Crippen LogP contribution is 2.32. The standard InChI is InChI=1S/C13H12N2O2/c1-7-3-4-10-9(5-7)6-11(16-10)12-8(2)13(14)15-17-12/h3-6H,1-2H3,(H2,14,15). The van der Waals surface area contributed by atoms with Crippen LogP contribution in [0.4, 0.5) is 5.82 Å². The van der Waals surface area contributed by atoms with E-state index in [4.69, 9.17) is 14.7 Å². The molecular formula is C13H12N2O2. The molecule has 0 bridgehead atoms. The van der Waals surface area contributed by atoms with Crippen LogP contribution in [-0.2, 0) is 0 Å². The minimum Gasteiger partial charge on any atom is -0.453 e. The van der Waals surface area contributed by atoms with Crippen molar-refractivity contribution in [3.05, 3.63) is 35.4 Å². The molecule has 2 aromatic heterocycles.